The molecule has 3 aromatic rings. The van der Waals surface area contributed by atoms with Crippen molar-refractivity contribution in [3.8, 4) is 28.3 Å². The lowest BCUT2D eigenvalue weighted by atomic mass is 9.83. The number of rotatable bonds is 2. The second-order valence-corrected chi connectivity index (χ2v) is 9.16. The number of hydrogen-bond acceptors (Lipinski definition) is 4. The average molecular weight is 364 g/mol. The first kappa shape index (κ1) is 19.2. The Balaban J connectivity index is 2.27. The van der Waals surface area contributed by atoms with Crippen molar-refractivity contribution in [3.05, 3.63) is 53.3 Å². The van der Waals surface area contributed by atoms with Crippen LogP contribution < -0.4 is 0 Å². The summed E-state index contributed by atoms with van der Waals surface area (Å²) in [6.07, 6.45) is 0. The van der Waals surface area contributed by atoms with Gasteiger partial charge in [-0.25, -0.2) is 0 Å². The minimum absolute atomic E-state index is 0.0905. The molecule has 1 heterocycles. The number of phenolic OH excluding ortho intramolecular Hbond substituents is 1. The van der Waals surface area contributed by atoms with E-state index in [1.807, 2.05) is 58.0 Å². The van der Waals surface area contributed by atoms with Gasteiger partial charge in [-0.3, -0.25) is 0 Å². The van der Waals surface area contributed by atoms with Gasteiger partial charge in [0.2, 0.25) is 0 Å². The van der Waals surface area contributed by atoms with Crippen LogP contribution in [0.5, 0.6) is 5.75 Å². The second kappa shape index (κ2) is 6.52. The molecule has 0 aliphatic rings. The number of hydrogen-bond donors (Lipinski definition) is 1. The highest BCUT2D eigenvalue weighted by atomic mass is 16.5. The van der Waals surface area contributed by atoms with E-state index in [2.05, 4.69) is 37.0 Å². The Morgan fingerprint density at radius 3 is 2.04 bits per heavy atom. The van der Waals surface area contributed by atoms with Gasteiger partial charge in [0, 0.05) is 11.0 Å². The van der Waals surface area contributed by atoms with Crippen molar-refractivity contribution in [2.45, 2.75) is 59.3 Å². The van der Waals surface area contributed by atoms with Gasteiger partial charge in [0.1, 0.15) is 5.75 Å². The minimum atomic E-state index is -0.224. The fourth-order valence-corrected chi connectivity index (χ4v) is 2.95. The topological polar surface area (TPSA) is 59.2 Å². The summed E-state index contributed by atoms with van der Waals surface area (Å²) in [7, 11) is 0. The van der Waals surface area contributed by atoms with Crippen molar-refractivity contribution in [2.75, 3.05) is 0 Å². The van der Waals surface area contributed by atoms with E-state index in [0.29, 0.717) is 17.3 Å². The molecular formula is C23H28N2O2. The van der Waals surface area contributed by atoms with Gasteiger partial charge in [-0.1, -0.05) is 71.0 Å². The number of aromatic nitrogens is 2. The molecule has 0 radical (unpaired) electrons. The average Bonchev–Trinajstić information content (AvgIpc) is 3.05. The molecule has 0 bridgehead atoms. The summed E-state index contributed by atoms with van der Waals surface area (Å²) in [5.41, 5.74) is 4.24. The van der Waals surface area contributed by atoms with E-state index < -0.39 is 0 Å². The maximum atomic E-state index is 11.1. The summed E-state index contributed by atoms with van der Waals surface area (Å²) in [5, 5.41) is 15.2. The number of aromatic hydroxyl groups is 1. The highest BCUT2D eigenvalue weighted by Gasteiger charge is 2.26. The summed E-state index contributed by atoms with van der Waals surface area (Å²) >= 11 is 0. The van der Waals surface area contributed by atoms with Crippen LogP contribution in [0.4, 0.5) is 0 Å². The smallest absolute Gasteiger partial charge is 0.261 e. The predicted octanol–water partition coefficient (Wildman–Crippen LogP) is 6.01. The SMILES string of the molecule is Cc1ccccc1-c1cc(C(C)(C)C)cc(-c2nc(C(C)(C)C)no2)c1O. The fourth-order valence-electron chi connectivity index (χ4n) is 2.95. The van der Waals surface area contributed by atoms with E-state index >= 15 is 0 Å². The molecule has 2 aromatic carbocycles. The third-order valence-corrected chi connectivity index (χ3v) is 4.74. The van der Waals surface area contributed by atoms with Gasteiger partial charge in [-0.15, -0.1) is 0 Å². The zero-order chi connectivity index (χ0) is 20.0. The minimum Gasteiger partial charge on any atom is -0.506 e. The van der Waals surface area contributed by atoms with Gasteiger partial charge in [0.05, 0.1) is 5.56 Å². The van der Waals surface area contributed by atoms with Crippen LogP contribution in [0.2, 0.25) is 0 Å². The standard InChI is InChI=1S/C23H28N2O2/c1-14-10-8-9-11-16(14)17-12-15(22(2,3)4)13-18(19(17)26)20-24-21(25-27-20)23(5,6)7/h8-13,26H,1-7H3. The Labute approximate surface area is 161 Å². The monoisotopic (exact) mass is 364 g/mol. The molecule has 0 amide bonds. The lowest BCUT2D eigenvalue weighted by Gasteiger charge is -2.22. The van der Waals surface area contributed by atoms with Gasteiger partial charge in [0.15, 0.2) is 5.82 Å². The first-order valence-corrected chi connectivity index (χ1v) is 9.26. The summed E-state index contributed by atoms with van der Waals surface area (Å²) in [5.74, 6) is 1.13. The van der Waals surface area contributed by atoms with Crippen LogP contribution in [0.15, 0.2) is 40.9 Å². The molecule has 0 aliphatic carbocycles. The maximum Gasteiger partial charge on any atom is 0.261 e. The summed E-state index contributed by atoms with van der Waals surface area (Å²) in [6.45, 7) is 14.6. The Hall–Kier alpha value is -2.62. The second-order valence-electron chi connectivity index (χ2n) is 9.16. The number of aryl methyl sites for hydroxylation is 1. The number of nitrogens with zero attached hydrogens (tertiary/aromatic N) is 2. The predicted molar refractivity (Wildman–Crippen MR) is 109 cm³/mol. The van der Waals surface area contributed by atoms with Crippen molar-refractivity contribution in [3.63, 3.8) is 0 Å². The molecule has 27 heavy (non-hydrogen) atoms. The molecule has 3 rings (SSSR count). The summed E-state index contributed by atoms with van der Waals surface area (Å²) in [4.78, 5) is 4.56. The van der Waals surface area contributed by atoms with Gasteiger partial charge >= 0.3 is 0 Å². The largest absolute Gasteiger partial charge is 0.506 e. The Kier molecular flexibility index (Phi) is 4.62. The highest BCUT2D eigenvalue weighted by molar-refractivity contribution is 5.82. The third-order valence-electron chi connectivity index (χ3n) is 4.74. The molecule has 0 atom stereocenters. The van der Waals surface area contributed by atoms with E-state index in [4.69, 9.17) is 4.52 Å². The van der Waals surface area contributed by atoms with Gasteiger partial charge in [0.25, 0.3) is 5.89 Å². The first-order chi connectivity index (χ1) is 12.5. The lowest BCUT2D eigenvalue weighted by Crippen LogP contribution is -2.13. The molecular weight excluding hydrogens is 336 g/mol. The van der Waals surface area contributed by atoms with Crippen molar-refractivity contribution in [1.82, 2.24) is 10.1 Å². The molecule has 142 valence electrons. The van der Waals surface area contributed by atoms with Crippen LogP contribution in [-0.2, 0) is 10.8 Å². The van der Waals surface area contributed by atoms with Gasteiger partial charge in [-0.2, -0.15) is 4.98 Å². The molecule has 0 aliphatic heterocycles. The van der Waals surface area contributed by atoms with E-state index in [0.717, 1.165) is 22.3 Å². The van der Waals surface area contributed by atoms with E-state index in [1.54, 1.807) is 0 Å². The Morgan fingerprint density at radius 2 is 1.48 bits per heavy atom. The third kappa shape index (κ3) is 3.75. The molecule has 1 aromatic heterocycles. The number of phenols is 1. The quantitative estimate of drug-likeness (QED) is 0.605. The van der Waals surface area contributed by atoms with Crippen LogP contribution >= 0.6 is 0 Å². The summed E-state index contributed by atoms with van der Waals surface area (Å²) in [6, 6.07) is 12.1. The van der Waals surface area contributed by atoms with Crippen LogP contribution in [0.25, 0.3) is 22.6 Å². The molecule has 0 fully saturated rings. The molecule has 4 heteroatoms. The Bertz CT molecular complexity index is 973. The zero-order valence-corrected chi connectivity index (χ0v) is 17.2. The van der Waals surface area contributed by atoms with Crippen LogP contribution in [0.1, 0.15) is 58.5 Å². The van der Waals surface area contributed by atoms with Crippen molar-refractivity contribution in [1.29, 1.82) is 0 Å². The zero-order valence-electron chi connectivity index (χ0n) is 17.2. The highest BCUT2D eigenvalue weighted by Crippen LogP contribution is 2.42. The van der Waals surface area contributed by atoms with E-state index in [-0.39, 0.29) is 16.6 Å². The van der Waals surface area contributed by atoms with Crippen molar-refractivity contribution >= 4 is 0 Å². The van der Waals surface area contributed by atoms with Crippen LogP contribution in [0, 0.1) is 6.92 Å². The normalized spacial score (nSPS) is 12.4. The Morgan fingerprint density at radius 1 is 0.852 bits per heavy atom. The lowest BCUT2D eigenvalue weighted by molar-refractivity contribution is 0.399. The molecule has 0 unspecified atom stereocenters. The van der Waals surface area contributed by atoms with Crippen LogP contribution in [-0.4, -0.2) is 15.2 Å². The van der Waals surface area contributed by atoms with E-state index in [1.165, 1.54) is 0 Å². The number of benzene rings is 2. The molecule has 1 N–H and O–H groups in total. The van der Waals surface area contributed by atoms with Crippen LogP contribution in [0.3, 0.4) is 0 Å². The maximum absolute atomic E-state index is 11.1. The van der Waals surface area contributed by atoms with Crippen molar-refractivity contribution < 1.29 is 9.63 Å². The fraction of sp³-hybridized carbons (Fsp3) is 0.391. The molecule has 4 nitrogen and oxygen atoms in total. The molecule has 0 spiro atoms. The van der Waals surface area contributed by atoms with Gasteiger partial charge < -0.3 is 9.63 Å². The first-order valence-electron chi connectivity index (χ1n) is 9.26. The summed E-state index contributed by atoms with van der Waals surface area (Å²) < 4.78 is 5.53. The van der Waals surface area contributed by atoms with Crippen molar-refractivity contribution in [2.24, 2.45) is 0 Å². The van der Waals surface area contributed by atoms with Gasteiger partial charge in [-0.05, 0) is 41.2 Å². The van der Waals surface area contributed by atoms with E-state index in [9.17, 15) is 5.11 Å². The molecule has 0 saturated heterocycles. The molecule has 0 saturated carbocycles.